The van der Waals surface area contributed by atoms with Gasteiger partial charge in [0.05, 0.1) is 5.60 Å². The Hall–Kier alpha value is 0.0569. The third kappa shape index (κ3) is 3.03. The molecule has 0 aromatic carbocycles. The van der Waals surface area contributed by atoms with Crippen molar-refractivity contribution < 1.29 is 17.7 Å². The van der Waals surface area contributed by atoms with Crippen molar-refractivity contribution >= 4 is 9.05 Å². The molecular formula is C9H20O4Si. The predicted octanol–water partition coefficient (Wildman–Crippen LogP) is 1.71. The molecule has 0 aliphatic carbocycles. The van der Waals surface area contributed by atoms with Gasteiger partial charge >= 0.3 is 9.05 Å². The second kappa shape index (κ2) is 4.72. The second-order valence-electron chi connectivity index (χ2n) is 3.83. The summed E-state index contributed by atoms with van der Waals surface area (Å²) >= 11 is 0. The lowest BCUT2D eigenvalue weighted by atomic mass is 10.1. The van der Waals surface area contributed by atoms with Crippen molar-refractivity contribution in [3.63, 3.8) is 0 Å². The van der Waals surface area contributed by atoms with E-state index in [2.05, 4.69) is 0 Å². The summed E-state index contributed by atoms with van der Waals surface area (Å²) in [6.45, 7) is 9.68. The average molecular weight is 220 g/mol. The molecule has 0 saturated carbocycles. The van der Waals surface area contributed by atoms with Crippen LogP contribution in [0.1, 0.15) is 34.1 Å². The van der Waals surface area contributed by atoms with E-state index in [0.717, 1.165) is 6.42 Å². The Bertz CT molecular complexity index is 172. The van der Waals surface area contributed by atoms with Crippen molar-refractivity contribution in [3.05, 3.63) is 0 Å². The Balaban J connectivity index is 2.65. The Morgan fingerprint density at radius 2 is 1.79 bits per heavy atom. The molecule has 0 N–H and O–H groups in total. The molecular weight excluding hydrogens is 200 g/mol. The summed E-state index contributed by atoms with van der Waals surface area (Å²) in [4.78, 5) is 0. The summed E-state index contributed by atoms with van der Waals surface area (Å²) in [5.74, 6) is 0. The summed E-state index contributed by atoms with van der Waals surface area (Å²) in [6, 6.07) is 0. The molecule has 0 amide bonds. The lowest BCUT2D eigenvalue weighted by Crippen LogP contribution is -2.58. The molecule has 0 radical (unpaired) electrons. The maximum Gasteiger partial charge on any atom is 0.680 e. The largest absolute Gasteiger partial charge is 0.680 e. The number of hydrogen-bond acceptors (Lipinski definition) is 4. The zero-order chi connectivity index (χ0) is 10.7. The molecule has 84 valence electrons. The predicted molar refractivity (Wildman–Crippen MR) is 54.7 cm³/mol. The smallest absolute Gasteiger partial charge is 0.351 e. The first-order valence-corrected chi connectivity index (χ1v) is 6.79. The van der Waals surface area contributed by atoms with E-state index in [9.17, 15) is 0 Å². The van der Waals surface area contributed by atoms with E-state index in [1.807, 2.05) is 27.7 Å². The van der Waals surface area contributed by atoms with Crippen LogP contribution in [0.5, 0.6) is 0 Å². The van der Waals surface area contributed by atoms with Crippen molar-refractivity contribution in [2.75, 3.05) is 19.8 Å². The third-order valence-corrected chi connectivity index (χ3v) is 4.67. The maximum absolute atomic E-state index is 5.81. The van der Waals surface area contributed by atoms with Crippen LogP contribution in [0.4, 0.5) is 0 Å². The topological polar surface area (TPSA) is 36.9 Å². The van der Waals surface area contributed by atoms with E-state index >= 15 is 0 Å². The van der Waals surface area contributed by atoms with Crippen LogP contribution in [0, 0.1) is 0 Å². The van der Waals surface area contributed by atoms with Gasteiger partial charge in [0.15, 0.2) is 0 Å². The van der Waals surface area contributed by atoms with Gasteiger partial charge in [-0.3, -0.25) is 0 Å². The summed E-state index contributed by atoms with van der Waals surface area (Å²) < 4.78 is 22.4. The Labute approximate surface area is 87.0 Å². The highest BCUT2D eigenvalue weighted by atomic mass is 28.4. The molecule has 0 spiro atoms. The molecule has 0 aromatic rings. The summed E-state index contributed by atoms with van der Waals surface area (Å²) in [5, 5.41) is 0. The Morgan fingerprint density at radius 3 is 2.21 bits per heavy atom. The molecule has 1 aliphatic rings. The van der Waals surface area contributed by atoms with Gasteiger partial charge in [0.2, 0.25) is 0 Å². The lowest BCUT2D eigenvalue weighted by molar-refractivity contribution is -0.118. The number of rotatable bonds is 4. The molecule has 0 atom stereocenters. The van der Waals surface area contributed by atoms with E-state index in [0.29, 0.717) is 19.8 Å². The molecule has 1 rings (SSSR count). The maximum atomic E-state index is 5.81. The van der Waals surface area contributed by atoms with E-state index < -0.39 is 9.05 Å². The van der Waals surface area contributed by atoms with Crippen LogP contribution in [-0.2, 0) is 17.7 Å². The van der Waals surface area contributed by atoms with Crippen LogP contribution < -0.4 is 0 Å². The highest BCUT2D eigenvalue weighted by molar-refractivity contribution is 6.53. The van der Waals surface area contributed by atoms with Crippen LogP contribution in [0.25, 0.3) is 0 Å². The monoisotopic (exact) mass is 220 g/mol. The first kappa shape index (κ1) is 12.1. The van der Waals surface area contributed by atoms with Gasteiger partial charge < -0.3 is 17.7 Å². The molecule has 1 fully saturated rings. The van der Waals surface area contributed by atoms with Crippen LogP contribution in [0.3, 0.4) is 0 Å². The molecule has 0 bridgehead atoms. The number of hydrogen-bond donors (Lipinski definition) is 0. The molecule has 1 aliphatic heterocycles. The third-order valence-electron chi connectivity index (χ3n) is 2.03. The normalized spacial score (nSPS) is 24.9. The molecule has 1 saturated heterocycles. The van der Waals surface area contributed by atoms with Crippen LogP contribution >= 0.6 is 0 Å². The van der Waals surface area contributed by atoms with Crippen molar-refractivity contribution in [1.82, 2.24) is 0 Å². The van der Waals surface area contributed by atoms with Gasteiger partial charge in [0.1, 0.15) is 0 Å². The Morgan fingerprint density at radius 1 is 1.21 bits per heavy atom. The fourth-order valence-corrected chi connectivity index (χ4v) is 3.64. The van der Waals surface area contributed by atoms with Crippen LogP contribution in [0.2, 0.25) is 0 Å². The highest BCUT2D eigenvalue weighted by Crippen LogP contribution is 2.28. The molecule has 5 heteroatoms. The van der Waals surface area contributed by atoms with Gasteiger partial charge in [-0.05, 0) is 34.1 Å². The first-order valence-electron chi connectivity index (χ1n) is 5.15. The summed E-state index contributed by atoms with van der Waals surface area (Å²) in [6.07, 6.45) is 0.877. The van der Waals surface area contributed by atoms with E-state index in [-0.39, 0.29) is 5.60 Å². The minimum Gasteiger partial charge on any atom is -0.351 e. The fourth-order valence-electron chi connectivity index (χ4n) is 1.38. The van der Waals surface area contributed by atoms with Crippen molar-refractivity contribution in [2.45, 2.75) is 39.7 Å². The summed E-state index contributed by atoms with van der Waals surface area (Å²) in [7, 11) is -2.82. The molecule has 14 heavy (non-hydrogen) atoms. The average Bonchev–Trinajstić information content (AvgIpc) is 2.02. The fraction of sp³-hybridized carbons (Fsp3) is 1.00. The lowest BCUT2D eigenvalue weighted by Gasteiger charge is -2.40. The molecule has 4 nitrogen and oxygen atoms in total. The van der Waals surface area contributed by atoms with Gasteiger partial charge in [-0.25, -0.2) is 0 Å². The van der Waals surface area contributed by atoms with Crippen molar-refractivity contribution in [2.24, 2.45) is 0 Å². The minimum atomic E-state index is -2.82. The minimum absolute atomic E-state index is 0.200. The van der Waals surface area contributed by atoms with Crippen molar-refractivity contribution in [1.29, 1.82) is 0 Å². The van der Waals surface area contributed by atoms with Crippen molar-refractivity contribution in [3.8, 4) is 0 Å². The molecule has 0 aromatic heterocycles. The van der Waals surface area contributed by atoms with E-state index in [1.165, 1.54) is 0 Å². The highest BCUT2D eigenvalue weighted by Gasteiger charge is 2.52. The molecule has 0 unspecified atom stereocenters. The van der Waals surface area contributed by atoms with E-state index in [1.54, 1.807) is 0 Å². The quantitative estimate of drug-likeness (QED) is 0.676. The zero-order valence-electron chi connectivity index (χ0n) is 9.46. The van der Waals surface area contributed by atoms with Gasteiger partial charge in [-0.1, -0.05) is 0 Å². The van der Waals surface area contributed by atoms with Crippen LogP contribution in [-0.4, -0.2) is 34.5 Å². The SMILES string of the molecule is CCO[Si]1(OCC)OCCC(C)(C)O1. The summed E-state index contributed by atoms with van der Waals surface area (Å²) in [5.41, 5.74) is -0.200. The van der Waals surface area contributed by atoms with Gasteiger partial charge in [0, 0.05) is 19.8 Å². The van der Waals surface area contributed by atoms with Gasteiger partial charge in [-0.2, -0.15) is 0 Å². The molecule has 1 heterocycles. The first-order chi connectivity index (χ1) is 6.54. The second-order valence-corrected chi connectivity index (χ2v) is 5.90. The Kier molecular flexibility index (Phi) is 4.09. The van der Waals surface area contributed by atoms with Gasteiger partial charge in [-0.15, -0.1) is 0 Å². The van der Waals surface area contributed by atoms with E-state index in [4.69, 9.17) is 17.7 Å². The zero-order valence-corrected chi connectivity index (χ0v) is 10.5. The standard InChI is InChI=1S/C9H20O4Si/c1-5-10-14(11-6-2)12-8-7-9(3,4)13-14/h5-8H2,1-4H3. The van der Waals surface area contributed by atoms with Crippen LogP contribution in [0.15, 0.2) is 0 Å². The van der Waals surface area contributed by atoms with Gasteiger partial charge in [0.25, 0.3) is 0 Å².